The molecule has 2 amide bonds. The van der Waals surface area contributed by atoms with Gasteiger partial charge in [-0.25, -0.2) is 10.2 Å². The highest BCUT2D eigenvalue weighted by Gasteiger charge is 2.07. The van der Waals surface area contributed by atoms with Crippen LogP contribution >= 0.6 is 0 Å². The highest BCUT2D eigenvalue weighted by molar-refractivity contribution is 5.86. The summed E-state index contributed by atoms with van der Waals surface area (Å²) in [5, 5.41) is 2.40. The van der Waals surface area contributed by atoms with E-state index < -0.39 is 6.03 Å². The summed E-state index contributed by atoms with van der Waals surface area (Å²) in [5.41, 5.74) is 4.73. The van der Waals surface area contributed by atoms with Crippen LogP contribution in [-0.4, -0.2) is 25.4 Å². The maximum Gasteiger partial charge on any atom is 0.329 e. The van der Waals surface area contributed by atoms with Gasteiger partial charge in [0.25, 0.3) is 0 Å². The smallest absolute Gasteiger partial charge is 0.329 e. The third-order valence-corrected chi connectivity index (χ3v) is 1.31. The van der Waals surface area contributed by atoms with Crippen LogP contribution in [0.5, 0.6) is 0 Å². The van der Waals surface area contributed by atoms with Crippen LogP contribution in [0.15, 0.2) is 0 Å². The Morgan fingerprint density at radius 1 is 0.900 bits per heavy atom. The average Bonchev–Trinajstić information content (AvgIpc) is 2.40. The van der Waals surface area contributed by atoms with Crippen molar-refractivity contribution in [2.24, 2.45) is 11.8 Å². The number of hydrogen-bond donors (Lipinski definition) is 3. The molecule has 0 saturated carbocycles. The molecule has 3 N–H and O–H groups in total. The van der Waals surface area contributed by atoms with Crippen LogP contribution in [0.3, 0.4) is 0 Å². The molecule has 0 atom stereocenters. The van der Waals surface area contributed by atoms with Gasteiger partial charge in [-0.2, -0.15) is 0 Å². The Labute approximate surface area is 126 Å². The Morgan fingerprint density at radius 2 is 1.25 bits per heavy atom. The summed E-state index contributed by atoms with van der Waals surface area (Å²) in [6.07, 6.45) is 0. The molecule has 0 aliphatic carbocycles. The van der Waals surface area contributed by atoms with Crippen LogP contribution in [0, 0.1) is 11.8 Å². The molecule has 0 spiro atoms. The number of carbonyl (C=O) groups excluding carboxylic acids is 2. The van der Waals surface area contributed by atoms with E-state index in [0.717, 1.165) is 5.92 Å². The molecule has 0 aliphatic heterocycles. The first-order valence-electron chi connectivity index (χ1n) is 7.54. The van der Waals surface area contributed by atoms with Crippen molar-refractivity contribution in [3.05, 3.63) is 0 Å². The fourth-order valence-electron chi connectivity index (χ4n) is 0.529. The molecule has 0 heterocycles. The summed E-state index contributed by atoms with van der Waals surface area (Å²) in [7, 11) is 1.57. The van der Waals surface area contributed by atoms with Crippen molar-refractivity contribution < 1.29 is 9.59 Å². The van der Waals surface area contributed by atoms with Gasteiger partial charge in [-0.15, -0.1) is 0 Å². The maximum atomic E-state index is 11.0. The lowest BCUT2D eigenvalue weighted by atomic mass is 10.1. The first kappa shape index (κ1) is 27.3. The standard InChI is InChI=1S/C7H15N3O2.C4H10.2C2H6/c1-5(2)6(11)4-9-7(12)10-8-3;1-4(2)3;2*1-2/h5,8H,4H2,1-3H3,(H2,9,10,12);4H,1-3H3;2*1-2H3. The van der Waals surface area contributed by atoms with Gasteiger partial charge in [0.15, 0.2) is 5.78 Å². The van der Waals surface area contributed by atoms with Crippen LogP contribution in [0.25, 0.3) is 0 Å². The Bertz CT molecular complexity index is 203. The number of hydrazine groups is 1. The van der Waals surface area contributed by atoms with Gasteiger partial charge >= 0.3 is 6.03 Å². The van der Waals surface area contributed by atoms with Gasteiger partial charge in [0, 0.05) is 13.0 Å². The summed E-state index contributed by atoms with van der Waals surface area (Å²) in [6.45, 7) is 18.2. The number of Topliss-reactive ketones (excluding diaryl/α,β-unsaturated/α-hetero) is 1. The average molecular weight is 291 g/mol. The molecule has 0 rings (SSSR count). The van der Waals surface area contributed by atoms with Crippen molar-refractivity contribution >= 4 is 11.8 Å². The minimum absolute atomic E-state index is 0.0150. The zero-order valence-electron chi connectivity index (χ0n) is 15.2. The molecule has 5 heteroatoms. The number of ketones is 1. The van der Waals surface area contributed by atoms with E-state index in [-0.39, 0.29) is 18.2 Å². The molecule has 124 valence electrons. The maximum absolute atomic E-state index is 11.0. The zero-order valence-corrected chi connectivity index (χ0v) is 15.2. The van der Waals surface area contributed by atoms with Gasteiger partial charge in [-0.05, 0) is 5.92 Å². The third-order valence-electron chi connectivity index (χ3n) is 1.31. The summed E-state index contributed by atoms with van der Waals surface area (Å²) in [6, 6.07) is -0.397. The van der Waals surface area contributed by atoms with E-state index in [4.69, 9.17) is 0 Å². The van der Waals surface area contributed by atoms with Crippen molar-refractivity contribution in [1.29, 1.82) is 0 Å². The van der Waals surface area contributed by atoms with Crippen molar-refractivity contribution in [2.45, 2.75) is 62.3 Å². The van der Waals surface area contributed by atoms with Crippen molar-refractivity contribution in [3.63, 3.8) is 0 Å². The van der Waals surface area contributed by atoms with E-state index in [0.29, 0.717) is 0 Å². The highest BCUT2D eigenvalue weighted by atomic mass is 16.2. The van der Waals surface area contributed by atoms with Gasteiger partial charge in [-0.1, -0.05) is 62.3 Å². The van der Waals surface area contributed by atoms with Crippen LogP contribution in [0.1, 0.15) is 62.3 Å². The summed E-state index contributed by atoms with van der Waals surface area (Å²) in [4.78, 5) is 21.7. The molecule has 0 aliphatic rings. The molecule has 0 fully saturated rings. The Hall–Kier alpha value is -1.10. The molecular weight excluding hydrogens is 254 g/mol. The lowest BCUT2D eigenvalue weighted by molar-refractivity contribution is -0.120. The number of nitrogens with one attached hydrogen (secondary N) is 3. The molecule has 0 radical (unpaired) electrons. The number of carbonyl (C=O) groups is 2. The summed E-state index contributed by atoms with van der Waals surface area (Å²) >= 11 is 0. The topological polar surface area (TPSA) is 70.2 Å². The fraction of sp³-hybridized carbons (Fsp3) is 0.867. The molecule has 5 nitrogen and oxygen atoms in total. The first-order chi connectivity index (χ1) is 9.31. The zero-order chi connectivity index (χ0) is 17.1. The second-order valence-corrected chi connectivity index (χ2v) is 4.41. The van der Waals surface area contributed by atoms with Crippen molar-refractivity contribution in [2.75, 3.05) is 13.6 Å². The first-order valence-corrected chi connectivity index (χ1v) is 7.54. The molecular formula is C15H37N3O2. The van der Waals surface area contributed by atoms with Crippen LogP contribution < -0.4 is 16.2 Å². The molecule has 0 saturated heterocycles. The van der Waals surface area contributed by atoms with E-state index in [9.17, 15) is 9.59 Å². The Kier molecular flexibility index (Phi) is 31.4. The molecule has 0 bridgehead atoms. The van der Waals surface area contributed by atoms with E-state index in [1.165, 1.54) is 0 Å². The van der Waals surface area contributed by atoms with Crippen molar-refractivity contribution in [1.82, 2.24) is 16.2 Å². The molecule has 0 aromatic rings. The second kappa shape index (κ2) is 23.0. The third kappa shape index (κ3) is 36.0. The summed E-state index contributed by atoms with van der Waals surface area (Å²) < 4.78 is 0. The minimum Gasteiger partial charge on any atom is -0.330 e. The van der Waals surface area contributed by atoms with Gasteiger partial charge in [0.2, 0.25) is 0 Å². The van der Waals surface area contributed by atoms with E-state index in [1.54, 1.807) is 20.9 Å². The van der Waals surface area contributed by atoms with Crippen LogP contribution in [0.4, 0.5) is 4.79 Å². The quantitative estimate of drug-likeness (QED) is 0.696. The number of rotatable bonds is 4. The number of amides is 2. The molecule has 20 heavy (non-hydrogen) atoms. The Morgan fingerprint density at radius 3 is 1.50 bits per heavy atom. The highest BCUT2D eigenvalue weighted by Crippen LogP contribution is 1.91. The lowest BCUT2D eigenvalue weighted by Crippen LogP contribution is -2.44. The fourth-order valence-corrected chi connectivity index (χ4v) is 0.529. The second-order valence-electron chi connectivity index (χ2n) is 4.41. The van der Waals surface area contributed by atoms with Gasteiger partial charge in [0.05, 0.1) is 6.54 Å². The van der Waals surface area contributed by atoms with Crippen LogP contribution in [0.2, 0.25) is 0 Å². The van der Waals surface area contributed by atoms with E-state index in [2.05, 4.69) is 36.9 Å². The van der Waals surface area contributed by atoms with Gasteiger partial charge < -0.3 is 5.32 Å². The lowest BCUT2D eigenvalue weighted by Gasteiger charge is -2.06. The van der Waals surface area contributed by atoms with Crippen LogP contribution in [-0.2, 0) is 4.79 Å². The van der Waals surface area contributed by atoms with Gasteiger partial charge in [-0.3, -0.25) is 10.2 Å². The molecule has 0 unspecified atom stereocenters. The monoisotopic (exact) mass is 291 g/mol. The van der Waals surface area contributed by atoms with E-state index >= 15 is 0 Å². The molecule has 0 aromatic heterocycles. The number of urea groups is 1. The summed E-state index contributed by atoms with van der Waals surface area (Å²) in [5.74, 6) is 0.807. The van der Waals surface area contributed by atoms with Crippen molar-refractivity contribution in [3.8, 4) is 0 Å². The van der Waals surface area contributed by atoms with Gasteiger partial charge in [0.1, 0.15) is 0 Å². The number of hydrogen-bond acceptors (Lipinski definition) is 3. The predicted octanol–water partition coefficient (Wildman–Crippen LogP) is 3.36. The SMILES string of the molecule is CC.CC.CC(C)C.CNNC(=O)NCC(=O)C(C)C. The predicted molar refractivity (Wildman–Crippen MR) is 88.6 cm³/mol. The largest absolute Gasteiger partial charge is 0.330 e. The Balaban J connectivity index is -0.000000134. The normalized spacial score (nSPS) is 8.20. The molecule has 0 aromatic carbocycles. The minimum atomic E-state index is -0.397. The van der Waals surface area contributed by atoms with E-state index in [1.807, 2.05) is 27.7 Å².